The number of nitrogens with one attached hydrogen (secondary N) is 1. The van der Waals surface area contributed by atoms with Crippen LogP contribution in [0.1, 0.15) is 56.8 Å². The van der Waals surface area contributed by atoms with Crippen LogP contribution in [0.2, 0.25) is 5.02 Å². The lowest BCUT2D eigenvalue weighted by atomic mass is 9.70. The van der Waals surface area contributed by atoms with Gasteiger partial charge in [-0.15, -0.1) is 13.2 Å². The molecule has 3 aliphatic rings. The smallest absolute Gasteiger partial charge is 0.313 e. The highest BCUT2D eigenvalue weighted by molar-refractivity contribution is 6.34. The monoisotopic (exact) mass is 677 g/mol. The van der Waals surface area contributed by atoms with Gasteiger partial charge in [0.05, 0.1) is 47.3 Å². The number of likely N-dealkylation sites (tertiary alicyclic amines) is 1. The van der Waals surface area contributed by atoms with Crippen molar-refractivity contribution >= 4 is 41.0 Å². The molecule has 8 atom stereocenters. The maximum absolute atomic E-state index is 14.7. The van der Waals surface area contributed by atoms with Crippen LogP contribution >= 0.6 is 11.6 Å². The molecule has 0 unspecified atom stereocenters. The van der Waals surface area contributed by atoms with Crippen molar-refractivity contribution in [1.82, 2.24) is 10.2 Å². The Kier molecular flexibility index (Phi) is 10.8. The van der Waals surface area contributed by atoms with Gasteiger partial charge < -0.3 is 29.7 Å². The molecule has 2 bridgehead atoms. The molecule has 0 aliphatic carbocycles. The molecule has 3 saturated heterocycles. The fourth-order valence-corrected chi connectivity index (χ4v) is 8.00. The van der Waals surface area contributed by atoms with Crippen molar-refractivity contribution in [1.29, 1.82) is 0 Å². The highest BCUT2D eigenvalue weighted by Crippen LogP contribution is 2.59. The molecule has 5 rings (SSSR count). The first-order chi connectivity index (χ1) is 23.0. The summed E-state index contributed by atoms with van der Waals surface area (Å²) in [6.45, 7) is 12.5. The van der Waals surface area contributed by atoms with Crippen LogP contribution in [0.4, 0.5) is 5.69 Å². The van der Waals surface area contributed by atoms with Crippen molar-refractivity contribution in [3.05, 3.63) is 90.0 Å². The number of nitrogens with zero attached hydrogens (tertiary/aromatic N) is 2. The summed E-state index contributed by atoms with van der Waals surface area (Å²) in [5, 5.41) is 13.6. The predicted molar refractivity (Wildman–Crippen MR) is 182 cm³/mol. The second-order valence-electron chi connectivity index (χ2n) is 12.9. The molecule has 11 heteroatoms. The van der Waals surface area contributed by atoms with E-state index in [0.717, 1.165) is 5.56 Å². The standard InChI is InChI=1S/C37H44ClN3O7/c1-6-8-17-28(43)39-24(5)32(25-14-10-9-11-15-25)47-36(46)29-27-18-19-37(48-27)30(29)34(44)41(23(4)21-42)33(37)35(45)40(20-7-2)31-22(3)13-12-16-26(31)38/h6-7,9-16,23-24,27,29-30,32-33,42H,1-2,8,17-21H2,3-5H3,(H,39,43)/t23-,24+,27+,29-,30-,32+,33+,37-/m1/s1. The number of hydrogen-bond acceptors (Lipinski definition) is 7. The number of halogens is 1. The third kappa shape index (κ3) is 6.29. The van der Waals surface area contributed by atoms with Crippen LogP contribution in [0.5, 0.6) is 0 Å². The average Bonchev–Trinajstić information content (AvgIpc) is 3.72. The van der Waals surface area contributed by atoms with Gasteiger partial charge in [-0.3, -0.25) is 19.2 Å². The topological polar surface area (TPSA) is 125 Å². The lowest BCUT2D eigenvalue weighted by molar-refractivity contribution is -0.162. The molecule has 3 fully saturated rings. The number of hydrogen-bond donors (Lipinski definition) is 2. The summed E-state index contributed by atoms with van der Waals surface area (Å²) >= 11 is 6.63. The summed E-state index contributed by atoms with van der Waals surface area (Å²) in [5.74, 6) is -3.75. The maximum Gasteiger partial charge on any atom is 0.313 e. The Morgan fingerprint density at radius 3 is 2.54 bits per heavy atom. The van der Waals surface area contributed by atoms with E-state index in [0.29, 0.717) is 35.5 Å². The fraction of sp³-hybridized carbons (Fsp3) is 0.459. The van der Waals surface area contributed by atoms with Gasteiger partial charge >= 0.3 is 5.97 Å². The first kappa shape index (κ1) is 35.3. The zero-order valence-corrected chi connectivity index (χ0v) is 28.4. The van der Waals surface area contributed by atoms with E-state index in [1.54, 1.807) is 38.1 Å². The number of aliphatic hydroxyl groups excluding tert-OH is 1. The van der Waals surface area contributed by atoms with Crippen molar-refractivity contribution in [2.45, 2.75) is 82.4 Å². The minimum absolute atomic E-state index is 0.111. The number of benzene rings is 2. The van der Waals surface area contributed by atoms with Gasteiger partial charge in [-0.1, -0.05) is 66.2 Å². The number of carbonyl (C=O) groups is 4. The number of para-hydroxylation sites is 1. The Bertz CT molecular complexity index is 1550. The van der Waals surface area contributed by atoms with Gasteiger partial charge in [-0.2, -0.15) is 0 Å². The lowest BCUT2D eigenvalue weighted by Gasteiger charge is -2.39. The van der Waals surface area contributed by atoms with E-state index in [-0.39, 0.29) is 18.9 Å². The number of rotatable bonds is 14. The van der Waals surface area contributed by atoms with E-state index in [9.17, 15) is 24.3 Å². The zero-order valence-electron chi connectivity index (χ0n) is 27.6. The first-order valence-corrected chi connectivity index (χ1v) is 16.8. The number of allylic oxidation sites excluding steroid dienone is 1. The molecule has 2 aromatic rings. The molecule has 10 nitrogen and oxygen atoms in total. The number of amides is 3. The third-order valence-corrected chi connectivity index (χ3v) is 10.1. The number of fused-ring (bicyclic) bond motifs is 1. The van der Waals surface area contributed by atoms with Gasteiger partial charge in [0.15, 0.2) is 0 Å². The predicted octanol–water partition coefficient (Wildman–Crippen LogP) is 4.68. The van der Waals surface area contributed by atoms with Crippen molar-refractivity contribution in [3.63, 3.8) is 0 Å². The highest BCUT2D eigenvalue weighted by Gasteiger charge is 2.75. The molecule has 0 radical (unpaired) electrons. The normalized spacial score (nSPS) is 25.9. The molecule has 0 aromatic heterocycles. The van der Waals surface area contributed by atoms with E-state index in [4.69, 9.17) is 21.1 Å². The fourth-order valence-electron chi connectivity index (χ4n) is 7.67. The number of ether oxygens (including phenoxy) is 2. The van der Waals surface area contributed by atoms with Crippen LogP contribution in [0.3, 0.4) is 0 Å². The summed E-state index contributed by atoms with van der Waals surface area (Å²) in [7, 11) is 0. The minimum atomic E-state index is -1.33. The molecule has 3 heterocycles. The largest absolute Gasteiger partial charge is 0.455 e. The van der Waals surface area contributed by atoms with Crippen molar-refractivity contribution < 1.29 is 33.8 Å². The number of esters is 1. The minimum Gasteiger partial charge on any atom is -0.455 e. The van der Waals surface area contributed by atoms with E-state index < -0.39 is 72.2 Å². The highest BCUT2D eigenvalue weighted by atomic mass is 35.5. The van der Waals surface area contributed by atoms with Crippen molar-refractivity contribution in [2.75, 3.05) is 18.1 Å². The Hall–Kier alpha value is -3.99. The van der Waals surface area contributed by atoms with Crippen LogP contribution in [0.25, 0.3) is 0 Å². The summed E-state index contributed by atoms with van der Waals surface area (Å²) < 4.78 is 12.8. The SMILES string of the molecule is C=CCCC(=O)N[C@@H](C)[C@H](OC(=O)[C@@H]1[C@@H]2CC[C@]3(O2)[C@H](C(=O)N(CC=C)c2c(C)cccc2Cl)N([C@H](C)CO)C(=O)[C@@H]13)c1ccccc1. The molecule has 3 aliphatic heterocycles. The lowest BCUT2D eigenvalue weighted by Crippen LogP contribution is -2.58. The van der Waals surface area contributed by atoms with Crippen LogP contribution < -0.4 is 10.2 Å². The third-order valence-electron chi connectivity index (χ3n) is 9.81. The Labute approximate surface area is 286 Å². The van der Waals surface area contributed by atoms with E-state index in [1.165, 1.54) is 9.80 Å². The summed E-state index contributed by atoms with van der Waals surface area (Å²) in [5.41, 5.74) is 0.602. The van der Waals surface area contributed by atoms with Gasteiger partial charge in [-0.05, 0) is 57.2 Å². The van der Waals surface area contributed by atoms with Crippen molar-refractivity contribution in [3.8, 4) is 0 Å². The van der Waals surface area contributed by atoms with E-state index in [1.807, 2.05) is 43.3 Å². The molecule has 48 heavy (non-hydrogen) atoms. The summed E-state index contributed by atoms with van der Waals surface area (Å²) in [6.07, 6.45) is 3.28. The summed E-state index contributed by atoms with van der Waals surface area (Å²) in [6, 6.07) is 12.0. The number of aryl methyl sites for hydroxylation is 1. The molecular weight excluding hydrogens is 634 g/mol. The number of aliphatic hydroxyl groups is 1. The van der Waals surface area contributed by atoms with Crippen LogP contribution in [0.15, 0.2) is 73.8 Å². The quantitative estimate of drug-likeness (QED) is 0.220. The molecule has 256 valence electrons. The molecule has 2 N–H and O–H groups in total. The second kappa shape index (κ2) is 14.6. The second-order valence-corrected chi connectivity index (χ2v) is 13.3. The van der Waals surface area contributed by atoms with Crippen LogP contribution in [-0.2, 0) is 28.7 Å². The average molecular weight is 678 g/mol. The molecule has 1 spiro atoms. The summed E-state index contributed by atoms with van der Waals surface area (Å²) in [4.78, 5) is 58.9. The maximum atomic E-state index is 14.7. The Balaban J connectivity index is 1.50. The van der Waals surface area contributed by atoms with Gasteiger partial charge in [0.25, 0.3) is 5.91 Å². The van der Waals surface area contributed by atoms with E-state index >= 15 is 0 Å². The molecule has 0 saturated carbocycles. The first-order valence-electron chi connectivity index (χ1n) is 16.4. The number of anilines is 1. The zero-order chi connectivity index (χ0) is 34.7. The number of carbonyl (C=O) groups excluding carboxylic acids is 4. The van der Waals surface area contributed by atoms with Gasteiger partial charge in [0, 0.05) is 13.0 Å². The van der Waals surface area contributed by atoms with Crippen LogP contribution in [-0.4, -0.2) is 76.7 Å². The van der Waals surface area contributed by atoms with Crippen molar-refractivity contribution in [2.24, 2.45) is 11.8 Å². The van der Waals surface area contributed by atoms with E-state index in [2.05, 4.69) is 18.5 Å². The Morgan fingerprint density at radius 1 is 1.17 bits per heavy atom. The Morgan fingerprint density at radius 2 is 1.90 bits per heavy atom. The van der Waals surface area contributed by atoms with Gasteiger partial charge in [0.2, 0.25) is 11.8 Å². The van der Waals surface area contributed by atoms with Gasteiger partial charge in [0.1, 0.15) is 17.7 Å². The van der Waals surface area contributed by atoms with Gasteiger partial charge in [-0.25, -0.2) is 0 Å². The molecule has 3 amide bonds. The molecule has 2 aromatic carbocycles. The van der Waals surface area contributed by atoms with Crippen LogP contribution in [0, 0.1) is 18.8 Å². The molecular formula is C37H44ClN3O7.